The molecular formula is C33H32N2O6S. The molecule has 42 heavy (non-hydrogen) atoms. The van der Waals surface area contributed by atoms with E-state index in [0.717, 1.165) is 22.3 Å². The Kier molecular flexibility index (Phi) is 9.66. The third-order valence-corrected chi connectivity index (χ3v) is 8.43. The van der Waals surface area contributed by atoms with Gasteiger partial charge in [-0.15, -0.1) is 11.8 Å². The maximum Gasteiger partial charge on any atom is 0.336 e. The van der Waals surface area contributed by atoms with Crippen LogP contribution in [0, 0.1) is 5.92 Å². The second-order valence-corrected chi connectivity index (χ2v) is 11.2. The number of carbonyl (C=O) groups is 2. The Morgan fingerprint density at radius 3 is 2.31 bits per heavy atom. The van der Waals surface area contributed by atoms with Crippen molar-refractivity contribution >= 4 is 23.6 Å². The monoisotopic (exact) mass is 584 g/mol. The number of aliphatic hydroxyl groups is 1. The van der Waals surface area contributed by atoms with Gasteiger partial charge in [-0.3, -0.25) is 9.78 Å². The molecule has 5 rings (SSSR count). The van der Waals surface area contributed by atoms with Crippen molar-refractivity contribution in [3.8, 4) is 0 Å². The number of carbonyl (C=O) groups excluding carboxylic acids is 1. The van der Waals surface area contributed by atoms with E-state index in [-0.39, 0.29) is 36.2 Å². The number of aliphatic hydroxyl groups excluding tert-OH is 1. The van der Waals surface area contributed by atoms with E-state index in [4.69, 9.17) is 9.47 Å². The summed E-state index contributed by atoms with van der Waals surface area (Å²) in [4.78, 5) is 28.8. The average Bonchev–Trinajstić information content (AvgIpc) is 3.04. The fourth-order valence-corrected chi connectivity index (χ4v) is 6.04. The van der Waals surface area contributed by atoms with E-state index in [1.807, 2.05) is 60.7 Å². The summed E-state index contributed by atoms with van der Waals surface area (Å²) in [5, 5.41) is 22.0. The van der Waals surface area contributed by atoms with E-state index in [1.165, 1.54) is 18.0 Å². The van der Waals surface area contributed by atoms with Crippen LogP contribution in [-0.2, 0) is 22.6 Å². The van der Waals surface area contributed by atoms with Crippen LogP contribution in [0.25, 0.3) is 0 Å². The molecule has 0 bridgehead atoms. The summed E-state index contributed by atoms with van der Waals surface area (Å²) < 4.78 is 13.0. The van der Waals surface area contributed by atoms with E-state index in [2.05, 4.69) is 17.2 Å². The van der Waals surface area contributed by atoms with E-state index >= 15 is 0 Å². The molecule has 4 aromatic rings. The quantitative estimate of drug-likeness (QED) is 0.201. The summed E-state index contributed by atoms with van der Waals surface area (Å²) in [6.07, 6.45) is 1.98. The molecule has 1 aliphatic heterocycles. The topological polar surface area (TPSA) is 118 Å². The van der Waals surface area contributed by atoms with Crippen LogP contribution in [0.15, 0.2) is 102 Å². The summed E-state index contributed by atoms with van der Waals surface area (Å²) >= 11 is 1.46. The Morgan fingerprint density at radius 2 is 1.62 bits per heavy atom. The normalized spacial score (nSPS) is 20.1. The number of rotatable bonds is 10. The van der Waals surface area contributed by atoms with Crippen molar-refractivity contribution in [1.82, 2.24) is 10.3 Å². The Hall–Kier alpha value is -4.02. The largest absolute Gasteiger partial charge is 0.478 e. The highest BCUT2D eigenvalue weighted by atomic mass is 32.2. The number of pyridine rings is 1. The van der Waals surface area contributed by atoms with Gasteiger partial charge in [0, 0.05) is 41.1 Å². The number of hydrogen-bond donors (Lipinski definition) is 3. The molecule has 8 nitrogen and oxygen atoms in total. The number of aromatic carboxylic acids is 1. The lowest BCUT2D eigenvalue weighted by Crippen LogP contribution is -2.38. The van der Waals surface area contributed by atoms with E-state index in [9.17, 15) is 19.8 Å². The molecule has 1 aromatic heterocycles. The van der Waals surface area contributed by atoms with Crippen LogP contribution in [0.3, 0.4) is 0 Å². The fraction of sp³-hybridized carbons (Fsp3) is 0.242. The molecule has 0 aliphatic carbocycles. The number of thioether (sulfide) groups is 1. The lowest BCUT2D eigenvalue weighted by Gasteiger charge is -2.41. The highest BCUT2D eigenvalue weighted by molar-refractivity contribution is 7.99. The molecule has 3 N–H and O–H groups in total. The lowest BCUT2D eigenvalue weighted by atomic mass is 9.91. The molecule has 1 amide bonds. The lowest BCUT2D eigenvalue weighted by molar-refractivity contribution is -0.268. The third kappa shape index (κ3) is 7.06. The molecule has 0 unspecified atom stereocenters. The van der Waals surface area contributed by atoms with Crippen LogP contribution in [-0.4, -0.2) is 38.9 Å². The first-order chi connectivity index (χ1) is 20.4. The van der Waals surface area contributed by atoms with Gasteiger partial charge in [0.25, 0.3) is 5.91 Å². The van der Waals surface area contributed by atoms with Gasteiger partial charge in [0.2, 0.25) is 0 Å². The van der Waals surface area contributed by atoms with Crippen molar-refractivity contribution in [2.75, 3.05) is 5.75 Å². The van der Waals surface area contributed by atoms with Gasteiger partial charge in [-0.05, 0) is 41.0 Å². The minimum Gasteiger partial charge on any atom is -0.478 e. The second kappa shape index (κ2) is 13.8. The van der Waals surface area contributed by atoms with Crippen molar-refractivity contribution in [1.29, 1.82) is 0 Å². The first-order valence-corrected chi connectivity index (χ1v) is 14.6. The fourth-order valence-electron chi connectivity index (χ4n) is 4.83. The molecule has 2 heterocycles. The van der Waals surface area contributed by atoms with Crippen LogP contribution in [0.4, 0.5) is 0 Å². The maximum absolute atomic E-state index is 12.4. The minimum atomic E-state index is -0.963. The van der Waals surface area contributed by atoms with E-state index in [0.29, 0.717) is 22.8 Å². The molecule has 3 aromatic carbocycles. The number of ether oxygens (including phenoxy) is 2. The summed E-state index contributed by atoms with van der Waals surface area (Å²) in [5.74, 6) is -0.655. The number of benzene rings is 3. The maximum atomic E-state index is 12.4. The number of amides is 1. The van der Waals surface area contributed by atoms with Crippen molar-refractivity contribution in [2.45, 2.75) is 43.5 Å². The van der Waals surface area contributed by atoms with Gasteiger partial charge in [-0.1, -0.05) is 67.6 Å². The molecule has 0 spiro atoms. The van der Waals surface area contributed by atoms with Gasteiger partial charge in [-0.25, -0.2) is 4.79 Å². The summed E-state index contributed by atoms with van der Waals surface area (Å²) in [6, 6.07) is 25.8. The highest BCUT2D eigenvalue weighted by Gasteiger charge is 2.38. The van der Waals surface area contributed by atoms with Crippen molar-refractivity contribution in [3.63, 3.8) is 0 Å². The summed E-state index contributed by atoms with van der Waals surface area (Å²) in [5.41, 5.74) is 4.32. The van der Waals surface area contributed by atoms with E-state index in [1.54, 1.807) is 30.5 Å². The summed E-state index contributed by atoms with van der Waals surface area (Å²) in [6.45, 7) is 2.40. The predicted octanol–water partition coefficient (Wildman–Crippen LogP) is 5.79. The van der Waals surface area contributed by atoms with Crippen LogP contribution >= 0.6 is 11.8 Å². The van der Waals surface area contributed by atoms with Crippen LogP contribution in [0.1, 0.15) is 62.3 Å². The molecule has 1 aliphatic rings. The van der Waals surface area contributed by atoms with Gasteiger partial charge in [0.05, 0.1) is 29.9 Å². The van der Waals surface area contributed by atoms with Gasteiger partial charge >= 0.3 is 5.97 Å². The SMILES string of the molecule is C[C@@H]1[C@H](CSc2ccccc2C(=O)O)O[C@H](c2ccc(CNC(=O)c3cccnc3)cc2)O[C@@H]1c1ccc(CO)cc1. The van der Waals surface area contributed by atoms with Gasteiger partial charge in [-0.2, -0.15) is 0 Å². The molecule has 1 saturated heterocycles. The molecule has 216 valence electrons. The van der Waals surface area contributed by atoms with Crippen LogP contribution in [0.2, 0.25) is 0 Å². The minimum absolute atomic E-state index is 0.0346. The Bertz CT molecular complexity index is 1500. The Balaban J connectivity index is 1.33. The molecular weight excluding hydrogens is 552 g/mol. The number of nitrogens with one attached hydrogen (secondary N) is 1. The molecule has 0 radical (unpaired) electrons. The number of aromatic nitrogens is 1. The Morgan fingerprint density at radius 1 is 0.905 bits per heavy atom. The molecule has 9 heteroatoms. The standard InChI is InChI=1S/C33H32N2O6S/c1-21-28(20-42-29-7-3-2-6-27(29)32(38)39)40-33(41-30(21)24-12-10-23(19-36)11-13-24)25-14-8-22(9-15-25)17-35-31(37)26-5-4-16-34-18-26/h2-16,18,21,28,30,33,36H,17,19-20H2,1H3,(H,35,37)(H,38,39)/t21-,28+,30+,33+/m1/s1. The van der Waals surface area contributed by atoms with E-state index < -0.39 is 12.3 Å². The molecule has 1 fully saturated rings. The number of hydrogen-bond acceptors (Lipinski definition) is 7. The van der Waals surface area contributed by atoms with Crippen molar-refractivity contribution in [3.05, 3.63) is 131 Å². The third-order valence-electron chi connectivity index (χ3n) is 7.27. The molecule has 0 saturated carbocycles. The average molecular weight is 585 g/mol. The zero-order valence-corrected chi connectivity index (χ0v) is 23.9. The summed E-state index contributed by atoms with van der Waals surface area (Å²) in [7, 11) is 0. The predicted molar refractivity (Wildman–Crippen MR) is 159 cm³/mol. The Labute approximate surface area is 248 Å². The van der Waals surface area contributed by atoms with Crippen LogP contribution < -0.4 is 5.32 Å². The van der Waals surface area contributed by atoms with Gasteiger partial charge < -0.3 is 25.0 Å². The van der Waals surface area contributed by atoms with Crippen molar-refractivity contribution < 1.29 is 29.3 Å². The zero-order valence-electron chi connectivity index (χ0n) is 23.1. The molecule has 4 atom stereocenters. The highest BCUT2D eigenvalue weighted by Crippen LogP contribution is 2.43. The second-order valence-electron chi connectivity index (χ2n) is 10.1. The number of nitrogens with zero attached hydrogens (tertiary/aromatic N) is 1. The zero-order chi connectivity index (χ0) is 29.5. The number of carboxylic acid groups (broad SMARTS) is 1. The first kappa shape index (κ1) is 29.5. The smallest absolute Gasteiger partial charge is 0.336 e. The van der Waals surface area contributed by atoms with Gasteiger partial charge in [0.1, 0.15) is 0 Å². The van der Waals surface area contributed by atoms with Gasteiger partial charge in [0.15, 0.2) is 6.29 Å². The number of carboxylic acids is 1. The van der Waals surface area contributed by atoms with Crippen molar-refractivity contribution in [2.24, 2.45) is 5.92 Å². The first-order valence-electron chi connectivity index (χ1n) is 13.7. The van der Waals surface area contributed by atoms with Crippen LogP contribution in [0.5, 0.6) is 0 Å².